The first-order valence-electron chi connectivity index (χ1n) is 21.1. The van der Waals surface area contributed by atoms with Crippen LogP contribution in [0.5, 0.6) is 11.5 Å². The number of aliphatic hydroxyl groups excluding tert-OH is 1. The second kappa shape index (κ2) is 21.0. The molecule has 1 aliphatic rings. The first-order valence-corrected chi connectivity index (χ1v) is 22.0. The second-order valence-electron chi connectivity index (χ2n) is 16.6. The van der Waals surface area contributed by atoms with Gasteiger partial charge in [0.25, 0.3) is 5.56 Å². The number of hydrogen-bond donors (Lipinski definition) is 3. The summed E-state index contributed by atoms with van der Waals surface area (Å²) in [6.07, 6.45) is 0.805. The zero-order valence-electron chi connectivity index (χ0n) is 36.8. The van der Waals surface area contributed by atoms with Crippen molar-refractivity contribution in [1.82, 2.24) is 40.3 Å². The van der Waals surface area contributed by atoms with Gasteiger partial charge in [0.15, 0.2) is 5.58 Å². The van der Waals surface area contributed by atoms with Crippen LogP contribution in [0.25, 0.3) is 33.1 Å². The molecule has 0 spiro atoms. The molecule has 0 aliphatic carbocycles. The Morgan fingerprint density at radius 1 is 0.954 bits per heavy atom. The minimum Gasteiger partial charge on any atom is -0.490 e. The van der Waals surface area contributed by atoms with E-state index in [1.807, 2.05) is 57.5 Å². The smallest absolute Gasteiger partial charge is 0.266 e. The Morgan fingerprint density at radius 2 is 1.72 bits per heavy atom. The lowest BCUT2D eigenvalue weighted by molar-refractivity contribution is -0.144. The molecule has 19 heteroatoms. The molecule has 7 rings (SSSR count). The lowest BCUT2D eigenvalue weighted by atomic mass is 9.85. The zero-order chi connectivity index (χ0) is 46.1. The second-order valence-corrected chi connectivity index (χ2v) is 17.4. The van der Waals surface area contributed by atoms with Crippen LogP contribution in [0.4, 0.5) is 0 Å². The number of thiazole rings is 1. The lowest BCUT2D eigenvalue weighted by Crippen LogP contribution is -2.58. The number of aryl methyl sites for hydroxylation is 2. The Balaban J connectivity index is 0.783. The highest BCUT2D eigenvalue weighted by Gasteiger charge is 2.44. The topological polar surface area (TPSA) is 222 Å². The first kappa shape index (κ1) is 46.5. The molecule has 0 radical (unpaired) electrons. The summed E-state index contributed by atoms with van der Waals surface area (Å²) < 4.78 is 29.8. The third-order valence-electron chi connectivity index (χ3n) is 10.5. The summed E-state index contributed by atoms with van der Waals surface area (Å²) in [6, 6.07) is 17.8. The van der Waals surface area contributed by atoms with E-state index in [0.717, 1.165) is 21.7 Å². The molecule has 1 aliphatic heterocycles. The molecule has 4 aromatic heterocycles. The average molecular weight is 909 g/mol. The Bertz CT molecular complexity index is 2640. The van der Waals surface area contributed by atoms with Crippen molar-refractivity contribution in [3.63, 3.8) is 0 Å². The van der Waals surface area contributed by atoms with Crippen LogP contribution in [0.2, 0.25) is 0 Å². The lowest BCUT2D eigenvalue weighted by Gasteiger charge is -2.35. The summed E-state index contributed by atoms with van der Waals surface area (Å²) in [5.41, 5.74) is 6.02. The van der Waals surface area contributed by atoms with Crippen molar-refractivity contribution < 1.29 is 42.9 Å². The van der Waals surface area contributed by atoms with Crippen molar-refractivity contribution in [2.24, 2.45) is 12.5 Å². The summed E-state index contributed by atoms with van der Waals surface area (Å²) in [6.45, 7) is 8.41. The van der Waals surface area contributed by atoms with Crippen molar-refractivity contribution >= 4 is 40.2 Å². The molecule has 65 heavy (non-hydrogen) atoms. The predicted molar refractivity (Wildman–Crippen MR) is 240 cm³/mol. The number of fused-ring (bicyclic) bond motifs is 1. The molecule has 0 saturated carbocycles. The summed E-state index contributed by atoms with van der Waals surface area (Å²) in [5, 5.41) is 20.4. The number of nitrogens with zero attached hydrogens (tertiary/aromatic N) is 6. The Labute approximate surface area is 378 Å². The molecule has 342 valence electrons. The van der Waals surface area contributed by atoms with Gasteiger partial charge in [-0.15, -0.1) is 11.3 Å². The minimum atomic E-state index is -0.977. The molecular weight excluding hydrogens is 857 g/mol. The van der Waals surface area contributed by atoms with E-state index in [9.17, 15) is 24.3 Å². The van der Waals surface area contributed by atoms with E-state index in [1.54, 1.807) is 61.0 Å². The van der Waals surface area contributed by atoms with Gasteiger partial charge >= 0.3 is 0 Å². The summed E-state index contributed by atoms with van der Waals surface area (Å²) in [5.74, 6) is 0.0900. The number of β-amino-alcohol motifs (C(OH)–C–C–N with tert-alkyl or cyclic N) is 1. The molecule has 3 atom stereocenters. The average Bonchev–Trinajstić information content (AvgIpc) is 4.03. The third kappa shape index (κ3) is 12.2. The van der Waals surface area contributed by atoms with Crippen molar-refractivity contribution in [3.8, 4) is 33.5 Å². The van der Waals surface area contributed by atoms with E-state index in [2.05, 4.69) is 30.7 Å². The summed E-state index contributed by atoms with van der Waals surface area (Å²) in [4.78, 5) is 67.6. The number of nitrogens with one attached hydrogen (secondary N) is 2. The van der Waals surface area contributed by atoms with Gasteiger partial charge in [0.1, 0.15) is 54.6 Å². The SMILES string of the molecule is Cc1ncsc1-c1ccc(CNC(=O)[C@H]2C[C@H](O)CN2C(=O)[C@H](NC(=O)COCCOCCOc2ccc(COc3ccc4oc(-c5ccc(=O)n(C)n5)nc4c3)nc2)C(C)(C)C)cc1. The number of oxazole rings is 1. The fraction of sp³-hybridized carbons (Fsp3) is 0.391. The first-order chi connectivity index (χ1) is 31.2. The van der Waals surface area contributed by atoms with Crippen molar-refractivity contribution in [2.45, 2.75) is 65.5 Å². The molecule has 5 heterocycles. The van der Waals surface area contributed by atoms with Gasteiger partial charge in [-0.3, -0.25) is 24.2 Å². The van der Waals surface area contributed by atoms with E-state index < -0.39 is 35.4 Å². The number of ether oxygens (including phenoxy) is 4. The van der Waals surface area contributed by atoms with Crippen molar-refractivity contribution in [1.29, 1.82) is 0 Å². The van der Waals surface area contributed by atoms with Gasteiger partial charge in [-0.2, -0.15) is 5.10 Å². The molecule has 1 fully saturated rings. The highest BCUT2D eigenvalue weighted by Crippen LogP contribution is 2.29. The molecule has 2 aromatic carbocycles. The summed E-state index contributed by atoms with van der Waals surface area (Å²) in [7, 11) is 1.56. The van der Waals surface area contributed by atoms with E-state index in [-0.39, 0.29) is 70.6 Å². The van der Waals surface area contributed by atoms with Gasteiger partial charge in [0.05, 0.1) is 53.9 Å². The summed E-state index contributed by atoms with van der Waals surface area (Å²) >= 11 is 1.57. The van der Waals surface area contributed by atoms with Crippen LogP contribution in [0.3, 0.4) is 0 Å². The molecule has 18 nitrogen and oxygen atoms in total. The normalized spacial score (nSPS) is 15.5. The molecule has 0 bridgehead atoms. The van der Waals surface area contributed by atoms with E-state index in [4.69, 9.17) is 23.4 Å². The van der Waals surface area contributed by atoms with E-state index in [0.29, 0.717) is 39.9 Å². The number of amides is 3. The maximum Gasteiger partial charge on any atom is 0.266 e. The number of rotatable bonds is 19. The molecular formula is C46H52N8O10S. The quantitative estimate of drug-likeness (QED) is 0.0970. The van der Waals surface area contributed by atoms with Gasteiger partial charge in [-0.05, 0) is 53.8 Å². The largest absolute Gasteiger partial charge is 0.490 e. The van der Waals surface area contributed by atoms with Crippen LogP contribution in [0.15, 0.2) is 87.6 Å². The molecule has 3 N–H and O–H groups in total. The molecule has 3 amide bonds. The van der Waals surface area contributed by atoms with E-state index in [1.165, 1.54) is 15.6 Å². The molecule has 6 aromatic rings. The van der Waals surface area contributed by atoms with Gasteiger partial charge in [-0.1, -0.05) is 45.0 Å². The van der Waals surface area contributed by atoms with Gasteiger partial charge in [-0.25, -0.2) is 14.6 Å². The standard InChI is InChI=1S/C46H52N8O10S/c1-28-41(65-27-49-28)30-8-6-29(7-9-30)22-48-43(58)37-20-32(55)24-54(37)45(59)42(46(2,3)4)51-39(56)26-61-17-16-60-18-19-62-34-11-10-31(47-23-34)25-63-33-12-14-38-36(21-33)50-44(64-38)35-13-15-40(57)53(5)52-35/h6-15,21,23,27,32,37,42,55H,16-20,22,24-26H2,1-5H3,(H,48,58)(H,51,56)/t32-,37+,42-/m0/s1. The zero-order valence-corrected chi connectivity index (χ0v) is 37.6. The van der Waals surface area contributed by atoms with Gasteiger partial charge in [0, 0.05) is 38.7 Å². The van der Waals surface area contributed by atoms with Gasteiger partial charge < -0.3 is 44.0 Å². The van der Waals surface area contributed by atoms with Crippen molar-refractivity contribution in [2.75, 3.05) is 39.6 Å². The van der Waals surface area contributed by atoms with Crippen LogP contribution in [-0.2, 0) is 44.1 Å². The van der Waals surface area contributed by atoms with Crippen LogP contribution in [-0.4, -0.2) is 110 Å². The highest BCUT2D eigenvalue weighted by atomic mass is 32.1. The molecule has 1 saturated heterocycles. The third-order valence-corrected chi connectivity index (χ3v) is 11.5. The van der Waals surface area contributed by atoms with Gasteiger partial charge in [0.2, 0.25) is 23.6 Å². The number of carbonyl (C=O) groups is 3. The maximum absolute atomic E-state index is 13.9. The number of likely N-dealkylation sites (tertiary alicyclic amines) is 1. The monoisotopic (exact) mass is 908 g/mol. The number of benzene rings is 2. The Hall–Kier alpha value is -6.54. The van der Waals surface area contributed by atoms with E-state index >= 15 is 0 Å². The highest BCUT2D eigenvalue weighted by molar-refractivity contribution is 7.13. The van der Waals surface area contributed by atoms with Crippen LogP contribution < -0.4 is 25.7 Å². The Kier molecular flexibility index (Phi) is 15.0. The predicted octanol–water partition coefficient (Wildman–Crippen LogP) is 4.22. The number of aromatic nitrogens is 5. The number of aliphatic hydroxyl groups is 1. The fourth-order valence-corrected chi connectivity index (χ4v) is 7.86. The fourth-order valence-electron chi connectivity index (χ4n) is 7.05. The van der Waals surface area contributed by atoms with Crippen LogP contribution in [0, 0.1) is 12.3 Å². The maximum atomic E-state index is 13.9. The number of hydrogen-bond acceptors (Lipinski definition) is 15. The van der Waals surface area contributed by atoms with Crippen molar-refractivity contribution in [3.05, 3.63) is 106 Å². The number of carbonyl (C=O) groups excluding carboxylic acids is 3. The minimum absolute atomic E-state index is 0.0246. The number of pyridine rings is 1. The van der Waals surface area contributed by atoms with Crippen LogP contribution in [0.1, 0.15) is 44.1 Å². The van der Waals surface area contributed by atoms with Crippen LogP contribution >= 0.6 is 11.3 Å². The Morgan fingerprint density at radius 3 is 2.45 bits per heavy atom. The molecule has 0 unspecified atom stereocenters.